The van der Waals surface area contributed by atoms with Gasteiger partial charge in [0.1, 0.15) is 0 Å². The SMILES string of the molecule is O=C(O)c1nccnc1OCCC1CCC1. The third kappa shape index (κ3) is 2.48. The lowest BCUT2D eigenvalue weighted by molar-refractivity contribution is 0.0683. The van der Waals surface area contributed by atoms with E-state index in [9.17, 15) is 4.79 Å². The molecule has 0 atom stereocenters. The predicted molar refractivity (Wildman–Crippen MR) is 56.4 cm³/mol. The summed E-state index contributed by atoms with van der Waals surface area (Å²) in [5.41, 5.74) is -0.115. The standard InChI is InChI=1S/C11H14N2O3/c14-11(15)9-10(13-6-5-12-9)16-7-4-8-2-1-3-8/h5-6,8H,1-4,7H2,(H,14,15). The molecule has 1 aliphatic rings. The molecular weight excluding hydrogens is 208 g/mol. The Morgan fingerprint density at radius 2 is 2.19 bits per heavy atom. The molecule has 5 heteroatoms. The van der Waals surface area contributed by atoms with Gasteiger partial charge in [0, 0.05) is 12.4 Å². The number of carboxylic acids is 1. The highest BCUT2D eigenvalue weighted by molar-refractivity contribution is 5.87. The van der Waals surface area contributed by atoms with Gasteiger partial charge < -0.3 is 9.84 Å². The molecular formula is C11H14N2O3. The minimum absolute atomic E-state index is 0.115. The first-order chi connectivity index (χ1) is 7.77. The molecule has 0 spiro atoms. The zero-order valence-electron chi connectivity index (χ0n) is 8.93. The molecule has 1 heterocycles. The van der Waals surface area contributed by atoms with Gasteiger partial charge in [-0.15, -0.1) is 0 Å². The topological polar surface area (TPSA) is 72.3 Å². The molecule has 2 rings (SSSR count). The number of carbonyl (C=O) groups is 1. The summed E-state index contributed by atoms with van der Waals surface area (Å²) in [6.45, 7) is 0.518. The third-order valence-electron chi connectivity index (χ3n) is 2.86. The Hall–Kier alpha value is -1.65. The van der Waals surface area contributed by atoms with Crippen LogP contribution in [0, 0.1) is 5.92 Å². The fraction of sp³-hybridized carbons (Fsp3) is 0.545. The first-order valence-corrected chi connectivity index (χ1v) is 5.44. The smallest absolute Gasteiger partial charge is 0.360 e. The Labute approximate surface area is 93.5 Å². The lowest BCUT2D eigenvalue weighted by Crippen LogP contribution is -2.16. The second-order valence-corrected chi connectivity index (χ2v) is 3.95. The van der Waals surface area contributed by atoms with E-state index >= 15 is 0 Å². The highest BCUT2D eigenvalue weighted by atomic mass is 16.5. The van der Waals surface area contributed by atoms with Gasteiger partial charge in [-0.2, -0.15) is 0 Å². The molecule has 86 valence electrons. The van der Waals surface area contributed by atoms with E-state index in [1.54, 1.807) is 0 Å². The van der Waals surface area contributed by atoms with Crippen molar-refractivity contribution in [1.82, 2.24) is 9.97 Å². The van der Waals surface area contributed by atoms with E-state index < -0.39 is 5.97 Å². The van der Waals surface area contributed by atoms with Crippen LogP contribution in [0.1, 0.15) is 36.2 Å². The second-order valence-electron chi connectivity index (χ2n) is 3.95. The van der Waals surface area contributed by atoms with Gasteiger partial charge in [-0.3, -0.25) is 0 Å². The van der Waals surface area contributed by atoms with E-state index in [-0.39, 0.29) is 11.6 Å². The highest BCUT2D eigenvalue weighted by Gasteiger charge is 2.18. The predicted octanol–water partition coefficient (Wildman–Crippen LogP) is 1.74. The minimum Gasteiger partial charge on any atom is -0.476 e. The van der Waals surface area contributed by atoms with Crippen molar-refractivity contribution in [2.45, 2.75) is 25.7 Å². The summed E-state index contributed by atoms with van der Waals surface area (Å²) in [5, 5.41) is 8.85. The van der Waals surface area contributed by atoms with E-state index in [0.717, 1.165) is 12.3 Å². The summed E-state index contributed by atoms with van der Waals surface area (Å²) in [6, 6.07) is 0. The number of hydrogen-bond acceptors (Lipinski definition) is 4. The van der Waals surface area contributed by atoms with Crippen LogP contribution in [0.3, 0.4) is 0 Å². The monoisotopic (exact) mass is 222 g/mol. The Bertz CT molecular complexity index is 377. The molecule has 1 N–H and O–H groups in total. The molecule has 16 heavy (non-hydrogen) atoms. The van der Waals surface area contributed by atoms with Gasteiger partial charge in [-0.1, -0.05) is 19.3 Å². The maximum absolute atomic E-state index is 10.8. The molecule has 5 nitrogen and oxygen atoms in total. The van der Waals surface area contributed by atoms with Gasteiger partial charge in [0.2, 0.25) is 11.6 Å². The fourth-order valence-corrected chi connectivity index (χ4v) is 1.68. The molecule has 0 radical (unpaired) electrons. The van der Waals surface area contributed by atoms with Crippen LogP contribution in [0.5, 0.6) is 5.88 Å². The van der Waals surface area contributed by atoms with Crippen molar-refractivity contribution < 1.29 is 14.6 Å². The second kappa shape index (κ2) is 4.92. The van der Waals surface area contributed by atoms with Crippen LogP contribution >= 0.6 is 0 Å². The number of ether oxygens (including phenoxy) is 1. The van der Waals surface area contributed by atoms with Crippen molar-refractivity contribution in [1.29, 1.82) is 0 Å². The highest BCUT2D eigenvalue weighted by Crippen LogP contribution is 2.29. The minimum atomic E-state index is -1.10. The number of aromatic carboxylic acids is 1. The summed E-state index contributed by atoms with van der Waals surface area (Å²) < 4.78 is 5.35. The van der Waals surface area contributed by atoms with Gasteiger partial charge in [-0.05, 0) is 12.3 Å². The summed E-state index contributed by atoms with van der Waals surface area (Å²) in [5.74, 6) is -0.244. The normalized spacial score (nSPS) is 15.5. The average Bonchev–Trinajstić information content (AvgIpc) is 2.22. The van der Waals surface area contributed by atoms with Crippen molar-refractivity contribution in [2.24, 2.45) is 5.92 Å². The zero-order chi connectivity index (χ0) is 11.4. The molecule has 1 fully saturated rings. The van der Waals surface area contributed by atoms with Crippen molar-refractivity contribution in [3.05, 3.63) is 18.1 Å². The molecule has 1 aromatic rings. The Balaban J connectivity index is 1.89. The first kappa shape index (κ1) is 10.9. The first-order valence-electron chi connectivity index (χ1n) is 5.44. The Kier molecular flexibility index (Phi) is 3.34. The average molecular weight is 222 g/mol. The van der Waals surface area contributed by atoms with E-state index in [0.29, 0.717) is 6.61 Å². The van der Waals surface area contributed by atoms with Gasteiger partial charge in [0.25, 0.3) is 0 Å². The molecule has 0 aliphatic heterocycles. The van der Waals surface area contributed by atoms with Crippen LogP contribution in [0.2, 0.25) is 0 Å². The quantitative estimate of drug-likeness (QED) is 0.821. The summed E-state index contributed by atoms with van der Waals surface area (Å²) in [7, 11) is 0. The van der Waals surface area contributed by atoms with E-state index in [1.807, 2.05) is 0 Å². The number of nitrogens with zero attached hydrogens (tertiary/aromatic N) is 2. The molecule has 0 amide bonds. The molecule has 0 bridgehead atoms. The van der Waals surface area contributed by atoms with Crippen molar-refractivity contribution in [3.63, 3.8) is 0 Å². The van der Waals surface area contributed by atoms with Crippen LogP contribution in [-0.2, 0) is 0 Å². The van der Waals surface area contributed by atoms with Crippen molar-refractivity contribution >= 4 is 5.97 Å². The molecule has 0 aromatic carbocycles. The molecule has 1 aliphatic carbocycles. The summed E-state index contributed by atoms with van der Waals surface area (Å²) >= 11 is 0. The van der Waals surface area contributed by atoms with Gasteiger partial charge in [0.15, 0.2) is 0 Å². The molecule has 1 saturated carbocycles. The number of aromatic nitrogens is 2. The van der Waals surface area contributed by atoms with Gasteiger partial charge >= 0.3 is 5.97 Å². The van der Waals surface area contributed by atoms with Crippen LogP contribution in [0.15, 0.2) is 12.4 Å². The lowest BCUT2D eigenvalue weighted by atomic mass is 9.83. The fourth-order valence-electron chi connectivity index (χ4n) is 1.68. The number of rotatable bonds is 5. The summed E-state index contributed by atoms with van der Waals surface area (Å²) in [4.78, 5) is 18.4. The number of carboxylic acid groups (broad SMARTS) is 1. The zero-order valence-corrected chi connectivity index (χ0v) is 8.93. The van der Waals surface area contributed by atoms with E-state index in [1.165, 1.54) is 31.7 Å². The van der Waals surface area contributed by atoms with E-state index in [2.05, 4.69) is 9.97 Å². The van der Waals surface area contributed by atoms with Crippen LogP contribution in [-0.4, -0.2) is 27.7 Å². The van der Waals surface area contributed by atoms with E-state index in [4.69, 9.17) is 9.84 Å². The van der Waals surface area contributed by atoms with Crippen molar-refractivity contribution in [2.75, 3.05) is 6.61 Å². The maximum atomic E-state index is 10.8. The maximum Gasteiger partial charge on any atom is 0.360 e. The molecule has 0 saturated heterocycles. The van der Waals surface area contributed by atoms with Crippen molar-refractivity contribution in [3.8, 4) is 5.88 Å². The molecule has 1 aromatic heterocycles. The Morgan fingerprint density at radius 3 is 2.81 bits per heavy atom. The third-order valence-corrected chi connectivity index (χ3v) is 2.86. The van der Waals surface area contributed by atoms with Crippen LogP contribution in [0.4, 0.5) is 0 Å². The van der Waals surface area contributed by atoms with Crippen LogP contribution in [0.25, 0.3) is 0 Å². The Morgan fingerprint density at radius 1 is 1.44 bits per heavy atom. The lowest BCUT2D eigenvalue weighted by Gasteiger charge is -2.24. The van der Waals surface area contributed by atoms with Gasteiger partial charge in [0.05, 0.1) is 6.61 Å². The molecule has 0 unspecified atom stereocenters. The number of hydrogen-bond donors (Lipinski definition) is 1. The summed E-state index contributed by atoms with van der Waals surface area (Å²) in [6.07, 6.45) is 7.57. The van der Waals surface area contributed by atoms with Crippen LogP contribution < -0.4 is 4.74 Å². The van der Waals surface area contributed by atoms with Gasteiger partial charge in [-0.25, -0.2) is 14.8 Å². The largest absolute Gasteiger partial charge is 0.476 e.